The van der Waals surface area contributed by atoms with Crippen molar-refractivity contribution in [3.05, 3.63) is 59.9 Å². The van der Waals surface area contributed by atoms with E-state index < -0.39 is 5.82 Å². The first-order valence-electron chi connectivity index (χ1n) is 6.56. The summed E-state index contributed by atoms with van der Waals surface area (Å²) in [6.07, 6.45) is 0. The van der Waals surface area contributed by atoms with E-state index in [-0.39, 0.29) is 11.7 Å². The Kier molecular flexibility index (Phi) is 3.45. The number of aromatic nitrogens is 4. The molecule has 3 rings (SSSR count). The maximum Gasteiger partial charge on any atom is 0.205 e. The molecular formula is C15H14FN5. The number of benzene rings is 2. The minimum Gasteiger partial charge on any atom is -0.324 e. The number of nitrogens with zero attached hydrogens (tertiary/aromatic N) is 4. The Balaban J connectivity index is 2.09. The van der Waals surface area contributed by atoms with E-state index in [9.17, 15) is 4.39 Å². The van der Waals surface area contributed by atoms with Crippen LogP contribution < -0.4 is 5.73 Å². The zero-order chi connectivity index (χ0) is 14.8. The maximum atomic E-state index is 14.1. The lowest BCUT2D eigenvalue weighted by atomic mass is 10.1. The van der Waals surface area contributed by atoms with Gasteiger partial charge in [-0.25, -0.2) is 4.39 Å². The SMILES string of the molecule is C[C@H](N)c1cccc(F)c1-n1nnc(-c2ccccc2)n1. The molecule has 0 aliphatic carbocycles. The monoisotopic (exact) mass is 283 g/mol. The minimum absolute atomic E-state index is 0.238. The summed E-state index contributed by atoms with van der Waals surface area (Å²) in [6, 6.07) is 13.8. The van der Waals surface area contributed by atoms with Crippen LogP contribution in [0.15, 0.2) is 48.5 Å². The zero-order valence-electron chi connectivity index (χ0n) is 11.4. The largest absolute Gasteiger partial charge is 0.324 e. The van der Waals surface area contributed by atoms with E-state index in [0.29, 0.717) is 11.4 Å². The fourth-order valence-corrected chi connectivity index (χ4v) is 2.12. The zero-order valence-corrected chi connectivity index (χ0v) is 11.4. The molecule has 2 aromatic carbocycles. The molecule has 0 aliphatic heterocycles. The normalized spacial score (nSPS) is 12.3. The third-order valence-corrected chi connectivity index (χ3v) is 3.15. The number of nitrogens with two attached hydrogens (primary N) is 1. The second kappa shape index (κ2) is 5.41. The molecule has 1 heterocycles. The smallest absolute Gasteiger partial charge is 0.205 e. The van der Waals surface area contributed by atoms with Crippen LogP contribution in [0.25, 0.3) is 17.1 Å². The molecule has 5 nitrogen and oxygen atoms in total. The van der Waals surface area contributed by atoms with E-state index in [1.54, 1.807) is 19.1 Å². The summed E-state index contributed by atoms with van der Waals surface area (Å²) < 4.78 is 14.1. The van der Waals surface area contributed by atoms with Gasteiger partial charge in [0.15, 0.2) is 5.82 Å². The van der Waals surface area contributed by atoms with Crippen LogP contribution in [0.1, 0.15) is 18.5 Å². The summed E-state index contributed by atoms with van der Waals surface area (Å²) in [5.41, 5.74) is 7.57. The van der Waals surface area contributed by atoms with Crippen LogP contribution >= 0.6 is 0 Å². The average Bonchev–Trinajstić information content (AvgIpc) is 2.97. The third kappa shape index (κ3) is 2.53. The van der Waals surface area contributed by atoms with Crippen molar-refractivity contribution in [2.75, 3.05) is 0 Å². The summed E-state index contributed by atoms with van der Waals surface area (Å²) >= 11 is 0. The predicted octanol–water partition coefficient (Wildman–Crippen LogP) is 2.49. The summed E-state index contributed by atoms with van der Waals surface area (Å²) in [6.45, 7) is 1.79. The van der Waals surface area contributed by atoms with Gasteiger partial charge in [-0.1, -0.05) is 42.5 Å². The van der Waals surface area contributed by atoms with Gasteiger partial charge in [0.1, 0.15) is 5.69 Å². The van der Waals surface area contributed by atoms with E-state index in [4.69, 9.17) is 5.73 Å². The molecule has 1 atom stereocenters. The number of halogens is 1. The van der Waals surface area contributed by atoms with Crippen LogP contribution in [-0.2, 0) is 0 Å². The van der Waals surface area contributed by atoms with Crippen molar-refractivity contribution >= 4 is 0 Å². The van der Waals surface area contributed by atoms with Crippen LogP contribution in [0.5, 0.6) is 0 Å². The molecule has 0 spiro atoms. The highest BCUT2D eigenvalue weighted by Gasteiger charge is 2.17. The fourth-order valence-electron chi connectivity index (χ4n) is 2.12. The van der Waals surface area contributed by atoms with E-state index >= 15 is 0 Å². The van der Waals surface area contributed by atoms with Crippen molar-refractivity contribution in [3.63, 3.8) is 0 Å². The molecule has 1 aromatic heterocycles. The highest BCUT2D eigenvalue weighted by atomic mass is 19.1. The summed E-state index contributed by atoms with van der Waals surface area (Å²) in [7, 11) is 0. The predicted molar refractivity (Wildman–Crippen MR) is 77.2 cm³/mol. The summed E-state index contributed by atoms with van der Waals surface area (Å²) in [4.78, 5) is 1.19. The third-order valence-electron chi connectivity index (χ3n) is 3.15. The van der Waals surface area contributed by atoms with Crippen LogP contribution in [0, 0.1) is 5.82 Å². The Labute approximate surface area is 121 Å². The number of tetrazole rings is 1. The van der Waals surface area contributed by atoms with Gasteiger partial charge in [0.05, 0.1) is 0 Å². The van der Waals surface area contributed by atoms with Crippen molar-refractivity contribution in [2.45, 2.75) is 13.0 Å². The Morgan fingerprint density at radius 1 is 1.10 bits per heavy atom. The molecule has 0 amide bonds. The Hall–Kier alpha value is -2.60. The van der Waals surface area contributed by atoms with E-state index in [2.05, 4.69) is 15.4 Å². The molecule has 0 saturated heterocycles. The Bertz CT molecular complexity index is 752. The van der Waals surface area contributed by atoms with Gasteiger partial charge in [-0.3, -0.25) is 0 Å². The van der Waals surface area contributed by atoms with Gasteiger partial charge in [-0.15, -0.1) is 15.0 Å². The molecule has 3 aromatic rings. The first kappa shape index (κ1) is 13.4. The van der Waals surface area contributed by atoms with Gasteiger partial charge < -0.3 is 5.73 Å². The highest BCUT2D eigenvalue weighted by Crippen LogP contribution is 2.23. The second-order valence-corrected chi connectivity index (χ2v) is 4.73. The molecular weight excluding hydrogens is 269 g/mol. The van der Waals surface area contributed by atoms with Crippen molar-refractivity contribution in [2.24, 2.45) is 5.73 Å². The van der Waals surface area contributed by atoms with E-state index in [1.165, 1.54) is 10.9 Å². The van der Waals surface area contributed by atoms with Gasteiger partial charge in [0.2, 0.25) is 5.82 Å². The van der Waals surface area contributed by atoms with Crippen molar-refractivity contribution in [3.8, 4) is 17.1 Å². The van der Waals surface area contributed by atoms with E-state index in [0.717, 1.165) is 5.56 Å². The average molecular weight is 283 g/mol. The first-order valence-corrected chi connectivity index (χ1v) is 6.56. The lowest BCUT2D eigenvalue weighted by Crippen LogP contribution is -2.13. The molecule has 6 heteroatoms. The van der Waals surface area contributed by atoms with E-state index in [1.807, 2.05) is 30.3 Å². The van der Waals surface area contributed by atoms with Crippen molar-refractivity contribution < 1.29 is 4.39 Å². The van der Waals surface area contributed by atoms with Crippen LogP contribution in [0.4, 0.5) is 4.39 Å². The highest BCUT2D eigenvalue weighted by molar-refractivity contribution is 5.53. The molecule has 0 unspecified atom stereocenters. The van der Waals surface area contributed by atoms with Crippen LogP contribution in [0.2, 0.25) is 0 Å². The molecule has 2 N–H and O–H groups in total. The summed E-state index contributed by atoms with van der Waals surface area (Å²) in [5.74, 6) is 0.0105. The number of hydrogen-bond donors (Lipinski definition) is 1. The number of hydrogen-bond acceptors (Lipinski definition) is 4. The van der Waals surface area contributed by atoms with Gasteiger partial charge in [0, 0.05) is 11.6 Å². The molecule has 21 heavy (non-hydrogen) atoms. The number of para-hydroxylation sites is 1. The molecule has 0 bridgehead atoms. The first-order chi connectivity index (χ1) is 10.2. The van der Waals surface area contributed by atoms with Gasteiger partial charge in [-0.05, 0) is 23.8 Å². The molecule has 0 fully saturated rings. The minimum atomic E-state index is -0.429. The van der Waals surface area contributed by atoms with Gasteiger partial charge >= 0.3 is 0 Å². The molecule has 0 radical (unpaired) electrons. The number of rotatable bonds is 3. The standard InChI is InChI=1S/C15H14FN5/c1-10(17)12-8-5-9-13(16)14(12)21-19-15(18-20-21)11-6-3-2-4-7-11/h2-10H,17H2,1H3/t10-/m0/s1. The van der Waals surface area contributed by atoms with Crippen LogP contribution in [-0.4, -0.2) is 20.2 Å². The molecule has 0 saturated carbocycles. The topological polar surface area (TPSA) is 69.6 Å². The quantitative estimate of drug-likeness (QED) is 0.801. The maximum absolute atomic E-state index is 14.1. The van der Waals surface area contributed by atoms with Gasteiger partial charge in [-0.2, -0.15) is 0 Å². The molecule has 0 aliphatic rings. The Morgan fingerprint density at radius 3 is 2.57 bits per heavy atom. The van der Waals surface area contributed by atoms with Crippen LogP contribution in [0.3, 0.4) is 0 Å². The second-order valence-electron chi connectivity index (χ2n) is 4.73. The lowest BCUT2D eigenvalue weighted by molar-refractivity contribution is 0.582. The molecule has 106 valence electrons. The fraction of sp³-hybridized carbons (Fsp3) is 0.133. The Morgan fingerprint density at radius 2 is 1.86 bits per heavy atom. The van der Waals surface area contributed by atoms with Crippen molar-refractivity contribution in [1.29, 1.82) is 0 Å². The van der Waals surface area contributed by atoms with Gasteiger partial charge in [0.25, 0.3) is 0 Å². The summed E-state index contributed by atoms with van der Waals surface area (Å²) in [5, 5.41) is 12.2. The van der Waals surface area contributed by atoms with Crippen molar-refractivity contribution in [1.82, 2.24) is 20.2 Å². The lowest BCUT2D eigenvalue weighted by Gasteiger charge is -2.11.